The molecule has 0 amide bonds. The third-order valence-corrected chi connectivity index (χ3v) is 2.68. The van der Waals surface area contributed by atoms with Crippen molar-refractivity contribution in [3.63, 3.8) is 0 Å². The summed E-state index contributed by atoms with van der Waals surface area (Å²) in [6, 6.07) is 3.56. The lowest BCUT2D eigenvalue weighted by molar-refractivity contribution is 0.173. The van der Waals surface area contributed by atoms with Crippen LogP contribution in [0.2, 0.25) is 0 Å². The minimum absolute atomic E-state index is 0.0619. The summed E-state index contributed by atoms with van der Waals surface area (Å²) in [6.45, 7) is 5.11. The molecule has 1 aliphatic rings. The van der Waals surface area contributed by atoms with Gasteiger partial charge >= 0.3 is 0 Å². The van der Waals surface area contributed by atoms with Crippen LogP contribution in [0.4, 0.5) is 0 Å². The standard InChI is InChI=1S/C13H18O4/c1-9(2)3-4-15-11-6-13-12(16-8-17-13)5-10(11)7-14/h5-6,9,14H,3-4,7-8H2,1-2H3. The molecule has 0 saturated carbocycles. The van der Waals surface area contributed by atoms with Crippen LogP contribution in [0.25, 0.3) is 0 Å². The molecule has 0 bridgehead atoms. The average Bonchev–Trinajstić information content (AvgIpc) is 2.74. The molecule has 0 atom stereocenters. The van der Waals surface area contributed by atoms with Gasteiger partial charge in [0.15, 0.2) is 11.5 Å². The molecule has 1 aromatic carbocycles. The first-order valence-corrected chi connectivity index (χ1v) is 5.87. The van der Waals surface area contributed by atoms with Gasteiger partial charge in [0.05, 0.1) is 13.2 Å². The zero-order valence-electron chi connectivity index (χ0n) is 10.2. The monoisotopic (exact) mass is 238 g/mol. The van der Waals surface area contributed by atoms with Gasteiger partial charge in [0.1, 0.15) is 5.75 Å². The number of ether oxygens (including phenoxy) is 3. The fourth-order valence-corrected chi connectivity index (χ4v) is 1.63. The molecule has 0 saturated heterocycles. The third-order valence-electron chi connectivity index (χ3n) is 2.68. The Labute approximate surface area is 101 Å². The smallest absolute Gasteiger partial charge is 0.231 e. The fourth-order valence-electron chi connectivity index (χ4n) is 1.63. The van der Waals surface area contributed by atoms with Crippen LogP contribution in [0.5, 0.6) is 17.2 Å². The summed E-state index contributed by atoms with van der Waals surface area (Å²) in [5.74, 6) is 2.63. The van der Waals surface area contributed by atoms with E-state index in [0.717, 1.165) is 12.0 Å². The van der Waals surface area contributed by atoms with Gasteiger partial charge in [-0.3, -0.25) is 0 Å². The normalized spacial score (nSPS) is 13.2. The van der Waals surface area contributed by atoms with E-state index >= 15 is 0 Å². The van der Waals surface area contributed by atoms with Gasteiger partial charge in [-0.25, -0.2) is 0 Å². The molecule has 0 fully saturated rings. The summed E-state index contributed by atoms with van der Waals surface area (Å²) < 4.78 is 16.2. The molecule has 2 rings (SSSR count). The Bertz CT molecular complexity index is 387. The highest BCUT2D eigenvalue weighted by Gasteiger charge is 2.17. The number of rotatable bonds is 5. The van der Waals surface area contributed by atoms with Crippen LogP contribution in [0.15, 0.2) is 12.1 Å². The van der Waals surface area contributed by atoms with Gasteiger partial charge in [0.2, 0.25) is 6.79 Å². The van der Waals surface area contributed by atoms with Crippen LogP contribution in [0.1, 0.15) is 25.8 Å². The van der Waals surface area contributed by atoms with E-state index in [1.54, 1.807) is 12.1 Å². The van der Waals surface area contributed by atoms with Crippen LogP contribution >= 0.6 is 0 Å². The maximum Gasteiger partial charge on any atom is 0.231 e. The molecule has 1 heterocycles. The van der Waals surface area contributed by atoms with E-state index in [-0.39, 0.29) is 13.4 Å². The summed E-state index contributed by atoms with van der Waals surface area (Å²) in [4.78, 5) is 0. The van der Waals surface area contributed by atoms with Crippen LogP contribution in [0, 0.1) is 5.92 Å². The van der Waals surface area contributed by atoms with Gasteiger partial charge in [-0.2, -0.15) is 0 Å². The number of hydrogen-bond acceptors (Lipinski definition) is 4. The van der Waals surface area contributed by atoms with Crippen LogP contribution < -0.4 is 14.2 Å². The molecule has 0 aliphatic carbocycles. The lowest BCUT2D eigenvalue weighted by Crippen LogP contribution is -2.03. The predicted octanol–water partition coefficient (Wildman–Crippen LogP) is 2.33. The van der Waals surface area contributed by atoms with Crippen LogP contribution in [0.3, 0.4) is 0 Å². The second kappa shape index (κ2) is 5.27. The van der Waals surface area contributed by atoms with E-state index in [2.05, 4.69) is 13.8 Å². The van der Waals surface area contributed by atoms with E-state index < -0.39 is 0 Å². The zero-order valence-corrected chi connectivity index (χ0v) is 10.2. The maximum absolute atomic E-state index is 9.28. The average molecular weight is 238 g/mol. The number of hydrogen-bond donors (Lipinski definition) is 1. The van der Waals surface area contributed by atoms with Crippen molar-refractivity contribution in [1.82, 2.24) is 0 Å². The van der Waals surface area contributed by atoms with Crippen molar-refractivity contribution in [2.45, 2.75) is 26.9 Å². The highest BCUT2D eigenvalue weighted by atomic mass is 16.7. The minimum Gasteiger partial charge on any atom is -0.493 e. The zero-order chi connectivity index (χ0) is 12.3. The number of fused-ring (bicyclic) bond motifs is 1. The second-order valence-corrected chi connectivity index (χ2v) is 4.50. The molecule has 0 aromatic heterocycles. The molecule has 17 heavy (non-hydrogen) atoms. The Balaban J connectivity index is 2.09. The molecular formula is C13H18O4. The van der Waals surface area contributed by atoms with Crippen molar-refractivity contribution in [1.29, 1.82) is 0 Å². The Morgan fingerprint density at radius 3 is 2.65 bits per heavy atom. The summed E-state index contributed by atoms with van der Waals surface area (Å²) in [5.41, 5.74) is 0.734. The fraction of sp³-hybridized carbons (Fsp3) is 0.538. The summed E-state index contributed by atoms with van der Waals surface area (Å²) in [6.07, 6.45) is 0.985. The van der Waals surface area contributed by atoms with Gasteiger partial charge in [-0.05, 0) is 18.4 Å². The van der Waals surface area contributed by atoms with Gasteiger partial charge in [-0.15, -0.1) is 0 Å². The third kappa shape index (κ3) is 2.82. The number of aliphatic hydroxyl groups is 1. The topological polar surface area (TPSA) is 47.9 Å². The van der Waals surface area contributed by atoms with Crippen molar-refractivity contribution in [2.75, 3.05) is 13.4 Å². The predicted molar refractivity (Wildman–Crippen MR) is 63.4 cm³/mol. The molecular weight excluding hydrogens is 220 g/mol. The molecule has 1 N–H and O–H groups in total. The first kappa shape index (κ1) is 12.0. The molecule has 0 spiro atoms. The Hall–Kier alpha value is -1.42. The van der Waals surface area contributed by atoms with Crippen molar-refractivity contribution >= 4 is 0 Å². The SMILES string of the molecule is CC(C)CCOc1cc2c(cc1CO)OCO2. The van der Waals surface area contributed by atoms with Crippen molar-refractivity contribution in [2.24, 2.45) is 5.92 Å². The van der Waals surface area contributed by atoms with Gasteiger partial charge < -0.3 is 19.3 Å². The number of benzene rings is 1. The van der Waals surface area contributed by atoms with E-state index in [1.807, 2.05) is 0 Å². The van der Waals surface area contributed by atoms with Gasteiger partial charge in [-0.1, -0.05) is 13.8 Å². The Kier molecular flexibility index (Phi) is 3.74. The maximum atomic E-state index is 9.28. The van der Waals surface area contributed by atoms with E-state index in [4.69, 9.17) is 14.2 Å². The van der Waals surface area contributed by atoms with Gasteiger partial charge in [0.25, 0.3) is 0 Å². The molecule has 4 nitrogen and oxygen atoms in total. The molecule has 1 aromatic rings. The molecule has 4 heteroatoms. The molecule has 1 aliphatic heterocycles. The summed E-state index contributed by atoms with van der Waals surface area (Å²) in [5, 5.41) is 9.28. The molecule has 94 valence electrons. The first-order valence-electron chi connectivity index (χ1n) is 5.87. The lowest BCUT2D eigenvalue weighted by atomic mass is 10.1. The van der Waals surface area contributed by atoms with Crippen LogP contribution in [-0.2, 0) is 6.61 Å². The summed E-state index contributed by atoms with van der Waals surface area (Å²) in [7, 11) is 0. The van der Waals surface area contributed by atoms with Gasteiger partial charge in [0, 0.05) is 11.6 Å². The highest BCUT2D eigenvalue weighted by molar-refractivity contribution is 5.51. The van der Waals surface area contributed by atoms with E-state index in [1.165, 1.54) is 0 Å². The molecule has 0 radical (unpaired) electrons. The van der Waals surface area contributed by atoms with Crippen molar-refractivity contribution in [3.05, 3.63) is 17.7 Å². The quantitative estimate of drug-likeness (QED) is 0.855. The summed E-state index contributed by atoms with van der Waals surface area (Å²) >= 11 is 0. The highest BCUT2D eigenvalue weighted by Crippen LogP contribution is 2.38. The Morgan fingerprint density at radius 2 is 2.00 bits per heavy atom. The van der Waals surface area contributed by atoms with Crippen LogP contribution in [-0.4, -0.2) is 18.5 Å². The van der Waals surface area contributed by atoms with E-state index in [9.17, 15) is 5.11 Å². The van der Waals surface area contributed by atoms with E-state index in [0.29, 0.717) is 29.8 Å². The first-order chi connectivity index (χ1) is 8.20. The lowest BCUT2D eigenvalue weighted by Gasteiger charge is -2.12. The Morgan fingerprint density at radius 1 is 1.29 bits per heavy atom. The minimum atomic E-state index is -0.0619. The van der Waals surface area contributed by atoms with Crippen molar-refractivity contribution in [3.8, 4) is 17.2 Å². The van der Waals surface area contributed by atoms with Crippen molar-refractivity contribution < 1.29 is 19.3 Å². The largest absolute Gasteiger partial charge is 0.493 e. The number of aliphatic hydroxyl groups excluding tert-OH is 1. The molecule has 0 unspecified atom stereocenters. The second-order valence-electron chi connectivity index (χ2n) is 4.50.